The molecule has 20 heavy (non-hydrogen) atoms. The van der Waals surface area contributed by atoms with Crippen LogP contribution in [0, 0.1) is 6.92 Å². The standard InChI is InChI=1S/C17H23N3/c1-4-18-17-16(10-7-11-19-17)13-20(3)12-15-9-6-5-8-14(15)2/h5-11H,4,12-13H2,1-3H3,(H,18,19). The molecule has 1 N–H and O–H groups in total. The van der Waals surface area contributed by atoms with E-state index >= 15 is 0 Å². The third-order valence-corrected chi connectivity index (χ3v) is 3.38. The summed E-state index contributed by atoms with van der Waals surface area (Å²) in [6.45, 7) is 7.00. The Balaban J connectivity index is 2.05. The van der Waals surface area contributed by atoms with Gasteiger partial charge in [-0.3, -0.25) is 4.90 Å². The lowest BCUT2D eigenvalue weighted by atomic mass is 10.1. The molecule has 0 aliphatic rings. The van der Waals surface area contributed by atoms with Crippen molar-refractivity contribution in [2.24, 2.45) is 0 Å². The van der Waals surface area contributed by atoms with E-state index in [1.165, 1.54) is 16.7 Å². The molecule has 0 atom stereocenters. The third-order valence-electron chi connectivity index (χ3n) is 3.38. The molecule has 1 heterocycles. The van der Waals surface area contributed by atoms with E-state index in [1.54, 1.807) is 0 Å². The molecule has 0 spiro atoms. The molecule has 0 unspecified atom stereocenters. The summed E-state index contributed by atoms with van der Waals surface area (Å²) in [5.74, 6) is 0.992. The van der Waals surface area contributed by atoms with Crippen molar-refractivity contribution in [3.63, 3.8) is 0 Å². The fourth-order valence-corrected chi connectivity index (χ4v) is 2.32. The van der Waals surface area contributed by atoms with Crippen LogP contribution in [0.5, 0.6) is 0 Å². The van der Waals surface area contributed by atoms with Crippen molar-refractivity contribution in [1.29, 1.82) is 0 Å². The van der Waals surface area contributed by atoms with Gasteiger partial charge in [-0.25, -0.2) is 4.98 Å². The Morgan fingerprint density at radius 2 is 1.75 bits per heavy atom. The summed E-state index contributed by atoms with van der Waals surface area (Å²) in [6, 6.07) is 12.7. The lowest BCUT2D eigenvalue weighted by Gasteiger charge is -2.19. The summed E-state index contributed by atoms with van der Waals surface area (Å²) in [4.78, 5) is 6.73. The fourth-order valence-electron chi connectivity index (χ4n) is 2.32. The van der Waals surface area contributed by atoms with Crippen molar-refractivity contribution in [2.75, 3.05) is 18.9 Å². The molecule has 3 nitrogen and oxygen atoms in total. The first-order valence-corrected chi connectivity index (χ1v) is 7.11. The SMILES string of the molecule is CCNc1ncccc1CN(C)Cc1ccccc1C. The molecular formula is C17H23N3. The molecule has 0 aliphatic carbocycles. The molecule has 0 radical (unpaired) electrons. The van der Waals surface area contributed by atoms with Crippen molar-refractivity contribution >= 4 is 5.82 Å². The number of nitrogens with one attached hydrogen (secondary N) is 1. The molecule has 2 aromatic rings. The fraction of sp³-hybridized carbons (Fsp3) is 0.353. The molecule has 2 rings (SSSR count). The van der Waals surface area contributed by atoms with Gasteiger partial charge < -0.3 is 5.32 Å². The topological polar surface area (TPSA) is 28.2 Å². The van der Waals surface area contributed by atoms with Crippen molar-refractivity contribution in [1.82, 2.24) is 9.88 Å². The second-order valence-corrected chi connectivity index (χ2v) is 5.14. The lowest BCUT2D eigenvalue weighted by molar-refractivity contribution is 0.318. The molecule has 106 valence electrons. The molecule has 0 saturated heterocycles. The van der Waals surface area contributed by atoms with Crippen molar-refractivity contribution in [3.05, 3.63) is 59.3 Å². The largest absolute Gasteiger partial charge is 0.370 e. The van der Waals surface area contributed by atoms with Crippen LogP contribution >= 0.6 is 0 Å². The lowest BCUT2D eigenvalue weighted by Crippen LogP contribution is -2.19. The average Bonchev–Trinajstić information content (AvgIpc) is 2.44. The summed E-state index contributed by atoms with van der Waals surface area (Å²) >= 11 is 0. The van der Waals surface area contributed by atoms with Gasteiger partial charge >= 0.3 is 0 Å². The molecule has 1 aromatic carbocycles. The minimum atomic E-state index is 0.893. The Bertz CT molecular complexity index is 551. The highest BCUT2D eigenvalue weighted by molar-refractivity contribution is 5.43. The minimum Gasteiger partial charge on any atom is -0.370 e. The van der Waals surface area contributed by atoms with Gasteiger partial charge in [0.15, 0.2) is 0 Å². The molecule has 0 saturated carbocycles. The maximum atomic E-state index is 4.41. The summed E-state index contributed by atoms with van der Waals surface area (Å²) in [5, 5.41) is 3.32. The Kier molecular flexibility index (Phi) is 5.13. The van der Waals surface area contributed by atoms with Gasteiger partial charge in [0.05, 0.1) is 0 Å². The zero-order valence-corrected chi connectivity index (χ0v) is 12.6. The van der Waals surface area contributed by atoms with Gasteiger partial charge in [-0.05, 0) is 38.1 Å². The predicted octanol–water partition coefficient (Wildman–Crippen LogP) is 3.45. The zero-order valence-electron chi connectivity index (χ0n) is 12.6. The molecular weight excluding hydrogens is 246 g/mol. The number of rotatable bonds is 6. The van der Waals surface area contributed by atoms with Crippen LogP contribution in [0.25, 0.3) is 0 Å². The van der Waals surface area contributed by atoms with E-state index in [1.807, 2.05) is 12.3 Å². The Labute approximate surface area is 121 Å². The number of aryl methyl sites for hydroxylation is 1. The number of pyridine rings is 1. The van der Waals surface area contributed by atoms with Gasteiger partial charge in [0.25, 0.3) is 0 Å². The maximum absolute atomic E-state index is 4.41. The van der Waals surface area contributed by atoms with Crippen molar-refractivity contribution in [3.8, 4) is 0 Å². The number of benzene rings is 1. The Morgan fingerprint density at radius 1 is 1.05 bits per heavy atom. The van der Waals surface area contributed by atoms with Crippen molar-refractivity contribution in [2.45, 2.75) is 26.9 Å². The van der Waals surface area contributed by atoms with Gasteiger partial charge in [-0.1, -0.05) is 30.3 Å². The van der Waals surface area contributed by atoms with Crippen LogP contribution in [0.15, 0.2) is 42.6 Å². The van der Waals surface area contributed by atoms with Crippen LogP contribution in [0.3, 0.4) is 0 Å². The molecule has 3 heteroatoms. The second kappa shape index (κ2) is 7.06. The third kappa shape index (κ3) is 3.81. The number of nitrogens with zero attached hydrogens (tertiary/aromatic N) is 2. The quantitative estimate of drug-likeness (QED) is 0.870. The van der Waals surface area contributed by atoms with Crippen LogP contribution in [-0.2, 0) is 13.1 Å². The number of anilines is 1. The molecule has 0 amide bonds. The monoisotopic (exact) mass is 269 g/mol. The van der Waals surface area contributed by atoms with Crippen LogP contribution in [0.1, 0.15) is 23.6 Å². The van der Waals surface area contributed by atoms with Gasteiger partial charge in [-0.15, -0.1) is 0 Å². The van der Waals surface area contributed by atoms with E-state index in [-0.39, 0.29) is 0 Å². The summed E-state index contributed by atoms with van der Waals surface area (Å²) < 4.78 is 0. The number of hydrogen-bond donors (Lipinski definition) is 1. The van der Waals surface area contributed by atoms with Gasteiger partial charge in [0, 0.05) is 31.4 Å². The Hall–Kier alpha value is -1.87. The zero-order chi connectivity index (χ0) is 14.4. The summed E-state index contributed by atoms with van der Waals surface area (Å²) in [7, 11) is 2.15. The number of hydrogen-bond acceptors (Lipinski definition) is 3. The first-order chi connectivity index (χ1) is 9.70. The van der Waals surface area contributed by atoms with E-state index in [0.717, 1.165) is 25.5 Å². The van der Waals surface area contributed by atoms with E-state index in [2.05, 4.69) is 66.4 Å². The molecule has 0 bridgehead atoms. The highest BCUT2D eigenvalue weighted by atomic mass is 15.1. The van der Waals surface area contributed by atoms with Crippen LogP contribution in [0.4, 0.5) is 5.82 Å². The van der Waals surface area contributed by atoms with E-state index in [4.69, 9.17) is 0 Å². The van der Waals surface area contributed by atoms with Crippen LogP contribution in [0.2, 0.25) is 0 Å². The molecule has 0 fully saturated rings. The molecule has 1 aromatic heterocycles. The highest BCUT2D eigenvalue weighted by Gasteiger charge is 2.07. The van der Waals surface area contributed by atoms with Crippen molar-refractivity contribution < 1.29 is 0 Å². The predicted molar refractivity (Wildman–Crippen MR) is 84.8 cm³/mol. The van der Waals surface area contributed by atoms with Gasteiger partial charge in [0.1, 0.15) is 5.82 Å². The molecule has 0 aliphatic heterocycles. The summed E-state index contributed by atoms with van der Waals surface area (Å²) in [5.41, 5.74) is 3.96. The normalized spacial score (nSPS) is 10.8. The highest BCUT2D eigenvalue weighted by Crippen LogP contribution is 2.16. The van der Waals surface area contributed by atoms with E-state index in [0.29, 0.717) is 0 Å². The smallest absolute Gasteiger partial charge is 0.130 e. The average molecular weight is 269 g/mol. The maximum Gasteiger partial charge on any atom is 0.130 e. The van der Waals surface area contributed by atoms with Gasteiger partial charge in [0.2, 0.25) is 0 Å². The first-order valence-electron chi connectivity index (χ1n) is 7.11. The van der Waals surface area contributed by atoms with Crippen LogP contribution < -0.4 is 5.32 Å². The van der Waals surface area contributed by atoms with E-state index in [9.17, 15) is 0 Å². The minimum absolute atomic E-state index is 0.893. The van der Waals surface area contributed by atoms with E-state index < -0.39 is 0 Å². The van der Waals surface area contributed by atoms with Crippen LogP contribution in [-0.4, -0.2) is 23.5 Å². The van der Waals surface area contributed by atoms with Gasteiger partial charge in [-0.2, -0.15) is 0 Å². The second-order valence-electron chi connectivity index (χ2n) is 5.14. The number of aromatic nitrogens is 1. The Morgan fingerprint density at radius 3 is 2.50 bits per heavy atom. The first kappa shape index (κ1) is 14.5. The summed E-state index contributed by atoms with van der Waals surface area (Å²) in [6.07, 6.45) is 1.84.